The quantitative estimate of drug-likeness (QED) is 0.864. The molecule has 1 aliphatic heterocycles. The van der Waals surface area contributed by atoms with Gasteiger partial charge in [-0.3, -0.25) is 9.78 Å². The molecule has 2 N–H and O–H groups in total. The highest BCUT2D eigenvalue weighted by atomic mass is 16.1. The Hall–Kier alpha value is -1.94. The maximum absolute atomic E-state index is 12.1. The molecule has 4 nitrogen and oxygen atoms in total. The molecule has 1 aromatic carbocycles. The first-order valence-electron chi connectivity index (χ1n) is 6.68. The summed E-state index contributed by atoms with van der Waals surface area (Å²) >= 11 is 0. The average Bonchev–Trinajstić information content (AvgIpc) is 2.48. The van der Waals surface area contributed by atoms with Gasteiger partial charge in [0.25, 0.3) is 0 Å². The van der Waals surface area contributed by atoms with Crippen molar-refractivity contribution in [3.05, 3.63) is 36.7 Å². The molecule has 19 heavy (non-hydrogen) atoms. The van der Waals surface area contributed by atoms with Gasteiger partial charge in [0.1, 0.15) is 0 Å². The Bertz CT molecular complexity index is 591. The molecule has 4 heteroatoms. The molecule has 0 radical (unpaired) electrons. The molecule has 98 valence electrons. The van der Waals surface area contributed by atoms with E-state index in [2.05, 4.69) is 15.6 Å². The lowest BCUT2D eigenvalue weighted by Gasteiger charge is -2.21. The number of piperidine rings is 1. The van der Waals surface area contributed by atoms with E-state index >= 15 is 0 Å². The van der Waals surface area contributed by atoms with E-state index in [0.29, 0.717) is 0 Å². The highest BCUT2D eigenvalue weighted by Crippen LogP contribution is 2.20. The Balaban J connectivity index is 1.75. The Morgan fingerprint density at radius 3 is 2.89 bits per heavy atom. The zero-order chi connectivity index (χ0) is 13.1. The summed E-state index contributed by atoms with van der Waals surface area (Å²) in [7, 11) is 0. The van der Waals surface area contributed by atoms with Crippen LogP contribution in [0.5, 0.6) is 0 Å². The number of carbonyl (C=O) groups excluding carboxylic acids is 1. The van der Waals surface area contributed by atoms with Crippen LogP contribution in [-0.4, -0.2) is 24.0 Å². The summed E-state index contributed by atoms with van der Waals surface area (Å²) in [5.41, 5.74) is 0.851. The number of rotatable bonds is 2. The Labute approximate surface area is 112 Å². The summed E-state index contributed by atoms with van der Waals surface area (Å²) in [4.78, 5) is 16.3. The van der Waals surface area contributed by atoms with Gasteiger partial charge in [0, 0.05) is 29.4 Å². The largest absolute Gasteiger partial charge is 0.326 e. The average molecular weight is 255 g/mol. The normalized spacial score (nSPS) is 16.4. The summed E-state index contributed by atoms with van der Waals surface area (Å²) in [5.74, 6) is 0.260. The molecular formula is C15H17N3O. The number of benzene rings is 1. The van der Waals surface area contributed by atoms with Gasteiger partial charge in [-0.15, -0.1) is 0 Å². The molecule has 2 heterocycles. The number of pyridine rings is 1. The number of nitrogens with one attached hydrogen (secondary N) is 2. The molecule has 1 aliphatic rings. The first-order valence-corrected chi connectivity index (χ1v) is 6.68. The fourth-order valence-electron chi connectivity index (χ4n) is 2.49. The first-order chi connectivity index (χ1) is 9.33. The number of fused-ring (bicyclic) bond motifs is 1. The van der Waals surface area contributed by atoms with E-state index in [0.717, 1.165) is 42.4 Å². The van der Waals surface area contributed by atoms with Crippen molar-refractivity contribution in [2.45, 2.75) is 12.8 Å². The van der Waals surface area contributed by atoms with Crippen molar-refractivity contribution >= 4 is 22.4 Å². The van der Waals surface area contributed by atoms with Crippen LogP contribution in [0.4, 0.5) is 5.69 Å². The number of nitrogens with zero attached hydrogens (tertiary/aromatic N) is 1. The number of hydrogen-bond acceptors (Lipinski definition) is 3. The monoisotopic (exact) mass is 255 g/mol. The maximum Gasteiger partial charge on any atom is 0.227 e. The van der Waals surface area contributed by atoms with Crippen LogP contribution in [-0.2, 0) is 4.79 Å². The lowest BCUT2D eigenvalue weighted by molar-refractivity contribution is -0.120. The smallest absolute Gasteiger partial charge is 0.227 e. The van der Waals surface area contributed by atoms with Gasteiger partial charge < -0.3 is 10.6 Å². The Morgan fingerprint density at radius 1 is 1.21 bits per heavy atom. The van der Waals surface area contributed by atoms with Crippen molar-refractivity contribution in [2.75, 3.05) is 18.4 Å². The van der Waals surface area contributed by atoms with Crippen LogP contribution >= 0.6 is 0 Å². The molecule has 1 amide bonds. The van der Waals surface area contributed by atoms with Crippen molar-refractivity contribution in [3.8, 4) is 0 Å². The molecule has 0 atom stereocenters. The van der Waals surface area contributed by atoms with Crippen molar-refractivity contribution < 1.29 is 4.79 Å². The third-order valence-electron chi connectivity index (χ3n) is 3.62. The van der Waals surface area contributed by atoms with Crippen LogP contribution in [0.15, 0.2) is 36.7 Å². The standard InChI is InChI=1S/C15H17N3O/c19-15(12-4-6-16-7-5-12)18-14-2-1-11-3-8-17-10-13(11)9-14/h1-3,8-10,12,16H,4-7H2,(H,18,19). The van der Waals surface area contributed by atoms with Gasteiger partial charge in [-0.1, -0.05) is 6.07 Å². The third-order valence-corrected chi connectivity index (χ3v) is 3.62. The predicted octanol–water partition coefficient (Wildman–Crippen LogP) is 2.17. The first kappa shape index (κ1) is 12.1. The van der Waals surface area contributed by atoms with Crippen LogP contribution < -0.4 is 10.6 Å². The number of aromatic nitrogens is 1. The Morgan fingerprint density at radius 2 is 2.05 bits per heavy atom. The van der Waals surface area contributed by atoms with Gasteiger partial charge in [-0.25, -0.2) is 0 Å². The van der Waals surface area contributed by atoms with Crippen LogP contribution in [0.1, 0.15) is 12.8 Å². The summed E-state index contributed by atoms with van der Waals surface area (Å²) in [6, 6.07) is 7.89. The molecule has 0 saturated carbocycles. The second kappa shape index (κ2) is 5.36. The molecule has 1 saturated heterocycles. The molecule has 2 aromatic rings. The lowest BCUT2D eigenvalue weighted by Crippen LogP contribution is -2.34. The van der Waals surface area contributed by atoms with Gasteiger partial charge in [0.05, 0.1) is 0 Å². The predicted molar refractivity (Wildman–Crippen MR) is 76.0 cm³/mol. The van der Waals surface area contributed by atoms with Crippen molar-refractivity contribution in [2.24, 2.45) is 5.92 Å². The lowest BCUT2D eigenvalue weighted by atomic mass is 9.97. The fraction of sp³-hybridized carbons (Fsp3) is 0.333. The molecule has 0 bridgehead atoms. The molecule has 1 fully saturated rings. The zero-order valence-electron chi connectivity index (χ0n) is 10.7. The highest BCUT2D eigenvalue weighted by molar-refractivity contribution is 5.95. The maximum atomic E-state index is 12.1. The van der Waals surface area contributed by atoms with Gasteiger partial charge in [-0.05, 0) is 49.5 Å². The van der Waals surface area contributed by atoms with Crippen LogP contribution in [0.25, 0.3) is 10.8 Å². The second-order valence-electron chi connectivity index (χ2n) is 4.95. The number of anilines is 1. The van der Waals surface area contributed by atoms with Crippen molar-refractivity contribution in [3.63, 3.8) is 0 Å². The number of hydrogen-bond donors (Lipinski definition) is 2. The molecule has 0 aliphatic carbocycles. The molecular weight excluding hydrogens is 238 g/mol. The Kier molecular flexibility index (Phi) is 3.42. The molecule has 3 rings (SSSR count). The topological polar surface area (TPSA) is 54.0 Å². The minimum atomic E-state index is 0.129. The number of amides is 1. The molecule has 0 spiro atoms. The summed E-state index contributed by atoms with van der Waals surface area (Å²) in [5, 5.41) is 8.46. The highest BCUT2D eigenvalue weighted by Gasteiger charge is 2.20. The minimum Gasteiger partial charge on any atom is -0.326 e. The third kappa shape index (κ3) is 2.74. The van der Waals surface area contributed by atoms with E-state index in [1.165, 1.54) is 0 Å². The molecule has 1 aromatic heterocycles. The van der Waals surface area contributed by atoms with Crippen LogP contribution in [0.3, 0.4) is 0 Å². The summed E-state index contributed by atoms with van der Waals surface area (Å²) in [6.07, 6.45) is 5.42. The van der Waals surface area contributed by atoms with Gasteiger partial charge in [0.15, 0.2) is 0 Å². The van der Waals surface area contributed by atoms with Gasteiger partial charge >= 0.3 is 0 Å². The SMILES string of the molecule is O=C(Nc1ccc2ccncc2c1)C1CCNCC1. The summed E-state index contributed by atoms with van der Waals surface area (Å²) in [6.45, 7) is 1.86. The summed E-state index contributed by atoms with van der Waals surface area (Å²) < 4.78 is 0. The van der Waals surface area contributed by atoms with E-state index in [1.807, 2.05) is 30.5 Å². The number of carbonyl (C=O) groups is 1. The van der Waals surface area contributed by atoms with Gasteiger partial charge in [0.2, 0.25) is 5.91 Å². The van der Waals surface area contributed by atoms with E-state index < -0.39 is 0 Å². The van der Waals surface area contributed by atoms with Crippen LogP contribution in [0.2, 0.25) is 0 Å². The fourth-order valence-corrected chi connectivity index (χ4v) is 2.49. The van der Waals surface area contributed by atoms with E-state index in [1.54, 1.807) is 6.20 Å². The molecule has 0 unspecified atom stereocenters. The van der Waals surface area contributed by atoms with E-state index in [9.17, 15) is 4.79 Å². The van der Waals surface area contributed by atoms with Crippen molar-refractivity contribution in [1.29, 1.82) is 0 Å². The van der Waals surface area contributed by atoms with E-state index in [-0.39, 0.29) is 11.8 Å². The van der Waals surface area contributed by atoms with Crippen LogP contribution in [0, 0.1) is 5.92 Å². The zero-order valence-corrected chi connectivity index (χ0v) is 10.7. The second-order valence-corrected chi connectivity index (χ2v) is 4.95. The van der Waals surface area contributed by atoms with E-state index in [4.69, 9.17) is 0 Å². The van der Waals surface area contributed by atoms with Crippen molar-refractivity contribution in [1.82, 2.24) is 10.3 Å². The van der Waals surface area contributed by atoms with Gasteiger partial charge in [-0.2, -0.15) is 0 Å². The minimum absolute atomic E-state index is 0.129.